The summed E-state index contributed by atoms with van der Waals surface area (Å²) in [6, 6.07) is 0.161. The third-order valence-electron chi connectivity index (χ3n) is 2.38. The van der Waals surface area contributed by atoms with Crippen molar-refractivity contribution in [2.24, 2.45) is 0 Å². The highest BCUT2D eigenvalue weighted by Gasteiger charge is 2.26. The van der Waals surface area contributed by atoms with Crippen molar-refractivity contribution in [3.63, 3.8) is 0 Å². The Balaban J connectivity index is 2.28. The smallest absolute Gasteiger partial charge is 0.224 e. The number of fused-ring (bicyclic) bond motifs is 1. The van der Waals surface area contributed by atoms with Crippen LogP contribution in [-0.2, 0) is 4.74 Å². The van der Waals surface area contributed by atoms with E-state index in [4.69, 9.17) is 21.1 Å². The number of rotatable bonds is 2. The average molecular weight is 230 g/mol. The summed E-state index contributed by atoms with van der Waals surface area (Å²) in [6.07, 6.45) is 1.59. The minimum Gasteiger partial charge on any atom is -0.486 e. The SMILES string of the molecule is COC[C@@H]1COc2cnc(Cl)nc2N1C. The molecule has 0 unspecified atom stereocenters. The Hall–Kier alpha value is -1.07. The molecule has 6 heteroatoms. The van der Waals surface area contributed by atoms with Gasteiger partial charge < -0.3 is 14.4 Å². The van der Waals surface area contributed by atoms with Crippen molar-refractivity contribution >= 4 is 17.4 Å². The van der Waals surface area contributed by atoms with Crippen LogP contribution >= 0.6 is 11.6 Å². The molecule has 0 saturated carbocycles. The summed E-state index contributed by atoms with van der Waals surface area (Å²) in [7, 11) is 3.60. The normalized spacial score (nSPS) is 19.7. The Morgan fingerprint density at radius 1 is 1.73 bits per heavy atom. The fourth-order valence-electron chi connectivity index (χ4n) is 1.52. The second kappa shape index (κ2) is 4.20. The van der Waals surface area contributed by atoms with Crippen molar-refractivity contribution in [3.8, 4) is 5.75 Å². The van der Waals surface area contributed by atoms with Gasteiger partial charge in [-0.15, -0.1) is 0 Å². The van der Waals surface area contributed by atoms with Crippen LogP contribution in [0.4, 0.5) is 5.82 Å². The second-order valence-electron chi connectivity index (χ2n) is 3.36. The van der Waals surface area contributed by atoms with E-state index in [1.165, 1.54) is 0 Å². The number of methoxy groups -OCH3 is 1. The summed E-state index contributed by atoms with van der Waals surface area (Å²) >= 11 is 5.73. The standard InChI is InChI=1S/C9H12ClN3O2/c1-13-6(4-14-2)5-15-7-3-11-9(10)12-8(7)13/h3,6H,4-5H2,1-2H3/t6-/m1/s1. The van der Waals surface area contributed by atoms with Gasteiger partial charge in [0.1, 0.15) is 6.61 Å². The zero-order chi connectivity index (χ0) is 10.8. The van der Waals surface area contributed by atoms with Gasteiger partial charge in [0, 0.05) is 14.2 Å². The first-order chi connectivity index (χ1) is 7.22. The van der Waals surface area contributed by atoms with Crippen LogP contribution in [0.3, 0.4) is 0 Å². The molecule has 2 rings (SSSR count). The largest absolute Gasteiger partial charge is 0.486 e. The van der Waals surface area contributed by atoms with Gasteiger partial charge in [-0.25, -0.2) is 4.98 Å². The van der Waals surface area contributed by atoms with Crippen LogP contribution < -0.4 is 9.64 Å². The quantitative estimate of drug-likeness (QED) is 0.708. The first-order valence-electron chi connectivity index (χ1n) is 4.59. The maximum atomic E-state index is 5.73. The van der Waals surface area contributed by atoms with Gasteiger partial charge >= 0.3 is 0 Å². The lowest BCUT2D eigenvalue weighted by Crippen LogP contribution is -2.43. The zero-order valence-electron chi connectivity index (χ0n) is 8.61. The van der Waals surface area contributed by atoms with Gasteiger partial charge in [0.05, 0.1) is 18.8 Å². The maximum Gasteiger partial charge on any atom is 0.224 e. The third kappa shape index (κ3) is 1.98. The predicted molar refractivity (Wildman–Crippen MR) is 56.6 cm³/mol. The van der Waals surface area contributed by atoms with Crippen molar-refractivity contribution < 1.29 is 9.47 Å². The molecule has 2 heterocycles. The molecule has 0 aromatic carbocycles. The van der Waals surface area contributed by atoms with Gasteiger partial charge in [0.25, 0.3) is 0 Å². The molecule has 0 fully saturated rings. The minimum atomic E-state index is 0.161. The number of hydrogen-bond acceptors (Lipinski definition) is 5. The van der Waals surface area contributed by atoms with Crippen molar-refractivity contribution in [1.29, 1.82) is 0 Å². The second-order valence-corrected chi connectivity index (χ2v) is 3.70. The molecule has 0 radical (unpaired) electrons. The van der Waals surface area contributed by atoms with Crippen LogP contribution in [0.5, 0.6) is 5.75 Å². The number of nitrogens with zero attached hydrogens (tertiary/aromatic N) is 3. The molecule has 0 aliphatic carbocycles. The number of hydrogen-bond donors (Lipinski definition) is 0. The highest BCUT2D eigenvalue weighted by atomic mass is 35.5. The molecule has 82 valence electrons. The number of likely N-dealkylation sites (N-methyl/N-ethyl adjacent to an activating group) is 1. The number of anilines is 1. The molecular weight excluding hydrogens is 218 g/mol. The van der Waals surface area contributed by atoms with E-state index >= 15 is 0 Å². The van der Waals surface area contributed by atoms with E-state index in [1.54, 1.807) is 13.3 Å². The van der Waals surface area contributed by atoms with Crippen molar-refractivity contribution in [2.75, 3.05) is 32.3 Å². The molecule has 0 saturated heterocycles. The Morgan fingerprint density at radius 3 is 3.27 bits per heavy atom. The van der Waals surface area contributed by atoms with E-state index < -0.39 is 0 Å². The van der Waals surface area contributed by atoms with Gasteiger partial charge in [-0.3, -0.25) is 0 Å². The van der Waals surface area contributed by atoms with Crippen molar-refractivity contribution in [1.82, 2.24) is 9.97 Å². The summed E-state index contributed by atoms with van der Waals surface area (Å²) in [5.74, 6) is 1.37. The average Bonchev–Trinajstić information content (AvgIpc) is 2.23. The Kier molecular flexibility index (Phi) is 2.93. The maximum absolute atomic E-state index is 5.73. The highest BCUT2D eigenvalue weighted by Crippen LogP contribution is 2.30. The lowest BCUT2D eigenvalue weighted by molar-refractivity contribution is 0.142. The van der Waals surface area contributed by atoms with Crippen LogP contribution in [-0.4, -0.2) is 43.4 Å². The molecule has 1 atom stereocenters. The molecule has 5 nitrogen and oxygen atoms in total. The van der Waals surface area contributed by atoms with Crippen LogP contribution in [0.1, 0.15) is 0 Å². The topological polar surface area (TPSA) is 47.5 Å². The van der Waals surface area contributed by atoms with E-state index in [0.717, 1.165) is 0 Å². The molecule has 0 spiro atoms. The fraction of sp³-hybridized carbons (Fsp3) is 0.556. The first-order valence-corrected chi connectivity index (χ1v) is 4.97. The molecule has 0 bridgehead atoms. The van der Waals surface area contributed by atoms with Gasteiger partial charge in [-0.2, -0.15) is 4.98 Å². The summed E-state index contributed by atoms with van der Waals surface area (Å²) in [6.45, 7) is 1.17. The first kappa shape index (κ1) is 10.4. The number of ether oxygens (including phenoxy) is 2. The Bertz CT molecular complexity index is 361. The van der Waals surface area contributed by atoms with Gasteiger partial charge in [0.2, 0.25) is 5.28 Å². The summed E-state index contributed by atoms with van der Waals surface area (Å²) in [4.78, 5) is 9.99. The van der Waals surface area contributed by atoms with Crippen molar-refractivity contribution in [3.05, 3.63) is 11.5 Å². The lowest BCUT2D eigenvalue weighted by Gasteiger charge is -2.33. The number of aromatic nitrogens is 2. The Labute approximate surface area is 93.0 Å². The van der Waals surface area contributed by atoms with Gasteiger partial charge in [0.15, 0.2) is 11.6 Å². The van der Waals surface area contributed by atoms with E-state index in [1.807, 2.05) is 11.9 Å². The molecule has 0 N–H and O–H groups in total. The van der Waals surface area contributed by atoms with Gasteiger partial charge in [-0.1, -0.05) is 0 Å². The predicted octanol–water partition coefficient (Wildman–Crippen LogP) is 0.974. The summed E-state index contributed by atoms with van der Waals surface area (Å²) in [5, 5.41) is 0.224. The summed E-state index contributed by atoms with van der Waals surface area (Å²) < 4.78 is 10.6. The van der Waals surface area contributed by atoms with Crippen LogP contribution in [0.2, 0.25) is 5.28 Å². The highest BCUT2D eigenvalue weighted by molar-refractivity contribution is 6.28. The van der Waals surface area contributed by atoms with E-state index in [-0.39, 0.29) is 11.3 Å². The molecule has 1 aliphatic rings. The molecular formula is C9H12ClN3O2. The van der Waals surface area contributed by atoms with E-state index in [2.05, 4.69) is 9.97 Å². The fourth-order valence-corrected chi connectivity index (χ4v) is 1.65. The molecule has 1 aromatic heterocycles. The molecule has 1 aromatic rings. The van der Waals surface area contributed by atoms with E-state index in [9.17, 15) is 0 Å². The zero-order valence-corrected chi connectivity index (χ0v) is 9.36. The molecule has 0 amide bonds. The monoisotopic (exact) mass is 229 g/mol. The Morgan fingerprint density at radius 2 is 2.53 bits per heavy atom. The third-order valence-corrected chi connectivity index (χ3v) is 2.56. The number of halogens is 1. The molecule has 15 heavy (non-hydrogen) atoms. The summed E-state index contributed by atoms with van der Waals surface area (Å²) in [5.41, 5.74) is 0. The van der Waals surface area contributed by atoms with E-state index in [0.29, 0.717) is 24.8 Å². The van der Waals surface area contributed by atoms with Crippen LogP contribution in [0, 0.1) is 0 Å². The van der Waals surface area contributed by atoms with Crippen molar-refractivity contribution in [2.45, 2.75) is 6.04 Å². The minimum absolute atomic E-state index is 0.161. The lowest BCUT2D eigenvalue weighted by atomic mass is 10.2. The molecule has 1 aliphatic heterocycles. The van der Waals surface area contributed by atoms with Crippen LogP contribution in [0.15, 0.2) is 6.20 Å². The van der Waals surface area contributed by atoms with Crippen LogP contribution in [0.25, 0.3) is 0 Å². The van der Waals surface area contributed by atoms with Gasteiger partial charge in [-0.05, 0) is 11.6 Å².